The van der Waals surface area contributed by atoms with Crippen molar-refractivity contribution in [2.24, 2.45) is 16.8 Å². The molecular formula is C18H28BN5O5. The Bertz CT molecular complexity index is 716. The molecule has 4 atom stereocenters. The van der Waals surface area contributed by atoms with Crippen LogP contribution in [0.3, 0.4) is 0 Å². The molecule has 29 heavy (non-hydrogen) atoms. The molecule has 1 fully saturated rings. The zero-order valence-corrected chi connectivity index (χ0v) is 16.5. The molecule has 2 rings (SSSR count). The topological polar surface area (TPSA) is 165 Å². The number of carbonyl (C=O) groups is 1. The van der Waals surface area contributed by atoms with Crippen molar-refractivity contribution in [2.75, 3.05) is 13.1 Å². The van der Waals surface area contributed by atoms with Crippen LogP contribution in [0.1, 0.15) is 25.3 Å². The average Bonchev–Trinajstić information content (AvgIpc) is 3.05. The maximum Gasteiger partial charge on any atom is 0.451 e. The van der Waals surface area contributed by atoms with E-state index in [1.165, 1.54) is 0 Å². The molecule has 1 saturated heterocycles. The summed E-state index contributed by atoms with van der Waals surface area (Å²) in [6.45, 7) is 1.91. The molecule has 1 aromatic carbocycles. The van der Waals surface area contributed by atoms with E-state index in [4.69, 9.17) is 26.0 Å². The predicted octanol–water partition coefficient (Wildman–Crippen LogP) is 0.629. The number of aliphatic hydroxyl groups excluding tert-OH is 1. The van der Waals surface area contributed by atoms with Crippen molar-refractivity contribution in [1.82, 2.24) is 4.90 Å². The number of nitrogens with zero attached hydrogens (tertiary/aromatic N) is 4. The lowest BCUT2D eigenvalue weighted by Gasteiger charge is -2.28. The van der Waals surface area contributed by atoms with E-state index >= 15 is 0 Å². The van der Waals surface area contributed by atoms with Crippen molar-refractivity contribution in [3.63, 3.8) is 0 Å². The van der Waals surface area contributed by atoms with Crippen molar-refractivity contribution in [1.29, 1.82) is 0 Å². The van der Waals surface area contributed by atoms with Crippen molar-refractivity contribution in [3.8, 4) is 0 Å². The molecule has 5 N–H and O–H groups in total. The van der Waals surface area contributed by atoms with Gasteiger partial charge in [0.25, 0.3) is 0 Å². The van der Waals surface area contributed by atoms with Crippen LogP contribution in [0.2, 0.25) is 6.32 Å². The van der Waals surface area contributed by atoms with E-state index in [2.05, 4.69) is 10.0 Å². The number of hydrogen-bond donors (Lipinski definition) is 4. The minimum atomic E-state index is -1.53. The summed E-state index contributed by atoms with van der Waals surface area (Å²) in [5.41, 5.74) is 14.2. The minimum absolute atomic E-state index is 0.0280. The minimum Gasteiger partial charge on any atom is -0.460 e. The summed E-state index contributed by atoms with van der Waals surface area (Å²) in [5.74, 6) is -1.14. The van der Waals surface area contributed by atoms with Crippen LogP contribution in [-0.2, 0) is 16.1 Å². The van der Waals surface area contributed by atoms with Crippen LogP contribution in [0.5, 0.6) is 0 Å². The van der Waals surface area contributed by atoms with Crippen LogP contribution in [0, 0.1) is 5.92 Å². The van der Waals surface area contributed by atoms with E-state index in [0.29, 0.717) is 12.8 Å². The van der Waals surface area contributed by atoms with Crippen LogP contribution in [-0.4, -0.2) is 64.0 Å². The third kappa shape index (κ3) is 5.92. The smallest absolute Gasteiger partial charge is 0.451 e. The normalized spacial score (nSPS) is 23.8. The number of carbonyl (C=O) groups excluding carboxylic acids is 1. The number of azide groups is 1. The lowest BCUT2D eigenvalue weighted by atomic mass is 9.78. The number of benzene rings is 1. The van der Waals surface area contributed by atoms with Gasteiger partial charge in [0.05, 0.1) is 0 Å². The molecule has 11 heteroatoms. The van der Waals surface area contributed by atoms with Crippen LogP contribution < -0.4 is 5.73 Å². The SMILES string of the molecule is C[C@H](N)C(O)N1C[C@H](CCCB(O)O)[C@](N=[N+]=[N-])(C(=O)OCc2ccccc2)C1. The molecule has 1 aromatic rings. The Labute approximate surface area is 170 Å². The molecule has 0 aliphatic carbocycles. The van der Waals surface area contributed by atoms with Gasteiger partial charge in [-0.05, 0) is 36.7 Å². The summed E-state index contributed by atoms with van der Waals surface area (Å²) < 4.78 is 5.47. The summed E-state index contributed by atoms with van der Waals surface area (Å²) >= 11 is 0. The summed E-state index contributed by atoms with van der Waals surface area (Å²) in [7, 11) is -1.46. The molecule has 0 saturated carbocycles. The van der Waals surface area contributed by atoms with Crippen molar-refractivity contribution >= 4 is 13.1 Å². The highest BCUT2D eigenvalue weighted by atomic mass is 16.5. The van der Waals surface area contributed by atoms with Gasteiger partial charge in [-0.2, -0.15) is 0 Å². The van der Waals surface area contributed by atoms with Gasteiger partial charge < -0.3 is 25.6 Å². The number of esters is 1. The van der Waals surface area contributed by atoms with Gasteiger partial charge in [-0.3, -0.25) is 9.69 Å². The predicted molar refractivity (Wildman–Crippen MR) is 107 cm³/mol. The quantitative estimate of drug-likeness (QED) is 0.146. The van der Waals surface area contributed by atoms with E-state index in [-0.39, 0.29) is 26.0 Å². The number of nitrogens with two attached hydrogens (primary N) is 1. The Kier molecular flexibility index (Phi) is 8.45. The number of hydrogen-bond acceptors (Lipinski definition) is 8. The van der Waals surface area contributed by atoms with Gasteiger partial charge in [-0.15, -0.1) is 0 Å². The Morgan fingerprint density at radius 1 is 1.48 bits per heavy atom. The second kappa shape index (κ2) is 10.6. The standard InChI is InChI=1S/C18H28BN5O5/c1-13(20)16(25)24-10-15(8-5-9-19(27)28)18(12-24,22-23-21)17(26)29-11-14-6-3-2-4-7-14/h2-4,6-7,13,15-16,25,27-28H,5,8-12,20H2,1H3/t13-,15-,16?,18-/m0/s1. The molecule has 0 bridgehead atoms. The molecule has 1 heterocycles. The molecule has 1 aliphatic heterocycles. The van der Waals surface area contributed by atoms with Gasteiger partial charge in [0.2, 0.25) is 0 Å². The highest BCUT2D eigenvalue weighted by Gasteiger charge is 2.54. The van der Waals surface area contributed by atoms with E-state index in [0.717, 1.165) is 5.56 Å². The molecule has 10 nitrogen and oxygen atoms in total. The Morgan fingerprint density at radius 3 is 2.76 bits per heavy atom. The lowest BCUT2D eigenvalue weighted by molar-refractivity contribution is -0.152. The van der Waals surface area contributed by atoms with E-state index in [9.17, 15) is 9.90 Å². The van der Waals surface area contributed by atoms with Crippen LogP contribution in [0.4, 0.5) is 0 Å². The molecule has 0 spiro atoms. The number of likely N-dealkylation sites (tertiary alicyclic amines) is 1. The monoisotopic (exact) mass is 405 g/mol. The van der Waals surface area contributed by atoms with Gasteiger partial charge in [0.1, 0.15) is 12.8 Å². The molecule has 0 aromatic heterocycles. The van der Waals surface area contributed by atoms with Crippen molar-refractivity contribution < 1.29 is 24.7 Å². The summed E-state index contributed by atoms with van der Waals surface area (Å²) in [5, 5.41) is 32.4. The summed E-state index contributed by atoms with van der Waals surface area (Å²) in [6.07, 6.45) is -0.102. The van der Waals surface area contributed by atoms with Gasteiger partial charge >= 0.3 is 13.1 Å². The second-order valence-corrected chi connectivity index (χ2v) is 7.49. The first-order valence-corrected chi connectivity index (χ1v) is 9.61. The van der Waals surface area contributed by atoms with Crippen molar-refractivity contribution in [3.05, 3.63) is 46.3 Å². The number of ether oxygens (including phenoxy) is 1. The van der Waals surface area contributed by atoms with Gasteiger partial charge in [-0.1, -0.05) is 41.9 Å². The fourth-order valence-corrected chi connectivity index (χ4v) is 3.66. The maximum absolute atomic E-state index is 13.1. The molecule has 0 radical (unpaired) electrons. The first-order chi connectivity index (χ1) is 13.8. The van der Waals surface area contributed by atoms with Crippen LogP contribution in [0.15, 0.2) is 35.4 Å². The Morgan fingerprint density at radius 2 is 2.17 bits per heavy atom. The Balaban J connectivity index is 2.23. The lowest BCUT2D eigenvalue weighted by Crippen LogP contribution is -2.49. The third-order valence-corrected chi connectivity index (χ3v) is 5.22. The zero-order chi connectivity index (χ0) is 21.4. The Hall–Kier alpha value is -2.14. The second-order valence-electron chi connectivity index (χ2n) is 7.49. The molecular weight excluding hydrogens is 377 g/mol. The highest BCUT2D eigenvalue weighted by Crippen LogP contribution is 2.38. The summed E-state index contributed by atoms with van der Waals surface area (Å²) in [6, 6.07) is 8.56. The van der Waals surface area contributed by atoms with Crippen molar-refractivity contribution in [2.45, 2.75) is 50.5 Å². The first kappa shape index (κ1) is 23.1. The fourth-order valence-electron chi connectivity index (χ4n) is 3.66. The van der Waals surface area contributed by atoms with E-state index < -0.39 is 36.8 Å². The average molecular weight is 405 g/mol. The molecule has 158 valence electrons. The molecule has 1 aliphatic rings. The van der Waals surface area contributed by atoms with Gasteiger partial charge in [-0.25, -0.2) is 0 Å². The maximum atomic E-state index is 13.1. The van der Waals surface area contributed by atoms with Gasteiger partial charge in [0, 0.05) is 24.0 Å². The molecule has 0 amide bonds. The summed E-state index contributed by atoms with van der Waals surface area (Å²) in [4.78, 5) is 17.5. The zero-order valence-electron chi connectivity index (χ0n) is 16.5. The number of rotatable bonds is 10. The van der Waals surface area contributed by atoms with E-state index in [1.807, 2.05) is 30.3 Å². The first-order valence-electron chi connectivity index (χ1n) is 9.61. The number of aliphatic hydroxyl groups is 1. The van der Waals surface area contributed by atoms with Crippen LogP contribution >= 0.6 is 0 Å². The third-order valence-electron chi connectivity index (χ3n) is 5.22. The largest absolute Gasteiger partial charge is 0.460 e. The van der Waals surface area contributed by atoms with E-state index in [1.54, 1.807) is 11.8 Å². The van der Waals surface area contributed by atoms with Gasteiger partial charge in [0.15, 0.2) is 5.54 Å². The highest BCUT2D eigenvalue weighted by molar-refractivity contribution is 6.40. The van der Waals surface area contributed by atoms with Crippen LogP contribution in [0.25, 0.3) is 10.4 Å². The fraction of sp³-hybridized carbons (Fsp3) is 0.611. The molecule has 1 unspecified atom stereocenters.